The molecule has 0 aliphatic heterocycles. The number of hydrogen-bond acceptors (Lipinski definition) is 2. The lowest BCUT2D eigenvalue weighted by atomic mass is 9.90. The standard InChI is InChI=1S/C13H18O2/c14-12(13(15)8-4-5-9-13)10-11-6-2-1-3-7-11/h1-3,6-7,12,14-15H,4-5,8-10H2. The van der Waals surface area contributed by atoms with Crippen molar-refractivity contribution in [3.63, 3.8) is 0 Å². The quantitative estimate of drug-likeness (QED) is 0.793. The number of hydrogen-bond donors (Lipinski definition) is 2. The van der Waals surface area contributed by atoms with E-state index >= 15 is 0 Å². The molecule has 1 atom stereocenters. The third-order valence-electron chi connectivity index (χ3n) is 3.36. The van der Waals surface area contributed by atoms with Gasteiger partial charge in [-0.25, -0.2) is 0 Å². The molecule has 1 unspecified atom stereocenters. The van der Waals surface area contributed by atoms with E-state index in [1.165, 1.54) is 0 Å². The maximum absolute atomic E-state index is 10.2. The first kappa shape index (κ1) is 10.7. The van der Waals surface area contributed by atoms with Crippen LogP contribution in [0.1, 0.15) is 31.2 Å². The summed E-state index contributed by atoms with van der Waals surface area (Å²) < 4.78 is 0. The molecule has 0 spiro atoms. The second-order valence-corrected chi connectivity index (χ2v) is 4.52. The molecule has 1 aliphatic rings. The minimum atomic E-state index is -0.837. The summed E-state index contributed by atoms with van der Waals surface area (Å²) in [5.41, 5.74) is 0.251. The van der Waals surface area contributed by atoms with Crippen molar-refractivity contribution in [2.75, 3.05) is 0 Å². The third-order valence-corrected chi connectivity index (χ3v) is 3.36. The summed E-state index contributed by atoms with van der Waals surface area (Å²) in [7, 11) is 0. The van der Waals surface area contributed by atoms with Crippen molar-refractivity contribution < 1.29 is 10.2 Å². The zero-order valence-corrected chi connectivity index (χ0v) is 8.89. The molecule has 1 aliphatic carbocycles. The van der Waals surface area contributed by atoms with Crippen LogP contribution in [0.15, 0.2) is 30.3 Å². The minimum absolute atomic E-state index is 0.553. The molecule has 1 aromatic carbocycles. The Hall–Kier alpha value is -0.860. The number of aliphatic hydroxyl groups is 2. The van der Waals surface area contributed by atoms with Gasteiger partial charge in [0, 0.05) is 6.42 Å². The summed E-state index contributed by atoms with van der Waals surface area (Å²) >= 11 is 0. The van der Waals surface area contributed by atoms with Crippen LogP contribution < -0.4 is 0 Å². The van der Waals surface area contributed by atoms with Gasteiger partial charge in [-0.3, -0.25) is 0 Å². The minimum Gasteiger partial charge on any atom is -0.390 e. The van der Waals surface area contributed by atoms with Crippen LogP contribution >= 0.6 is 0 Å². The van der Waals surface area contributed by atoms with Gasteiger partial charge in [0.25, 0.3) is 0 Å². The average Bonchev–Trinajstić information content (AvgIpc) is 2.68. The van der Waals surface area contributed by atoms with Gasteiger partial charge >= 0.3 is 0 Å². The molecule has 2 N–H and O–H groups in total. The van der Waals surface area contributed by atoms with Crippen LogP contribution in [0, 0.1) is 0 Å². The molecule has 0 amide bonds. The monoisotopic (exact) mass is 206 g/mol. The molecule has 1 aromatic rings. The molecule has 1 saturated carbocycles. The van der Waals surface area contributed by atoms with Crippen LogP contribution in [-0.2, 0) is 6.42 Å². The van der Waals surface area contributed by atoms with Gasteiger partial charge in [-0.2, -0.15) is 0 Å². The van der Waals surface area contributed by atoms with Gasteiger partial charge in [-0.15, -0.1) is 0 Å². The highest BCUT2D eigenvalue weighted by Gasteiger charge is 2.38. The molecule has 15 heavy (non-hydrogen) atoms. The van der Waals surface area contributed by atoms with Gasteiger partial charge in [0.15, 0.2) is 0 Å². The SMILES string of the molecule is OC(Cc1ccccc1)C1(O)CCCC1. The molecule has 0 radical (unpaired) electrons. The van der Waals surface area contributed by atoms with Crippen LogP contribution in [0.2, 0.25) is 0 Å². The fraction of sp³-hybridized carbons (Fsp3) is 0.538. The maximum Gasteiger partial charge on any atom is 0.0908 e. The van der Waals surface area contributed by atoms with Gasteiger partial charge in [-0.1, -0.05) is 43.2 Å². The van der Waals surface area contributed by atoms with Gasteiger partial charge in [-0.05, 0) is 18.4 Å². The van der Waals surface area contributed by atoms with E-state index < -0.39 is 11.7 Å². The van der Waals surface area contributed by atoms with Crippen molar-refractivity contribution >= 4 is 0 Å². The number of aliphatic hydroxyl groups excluding tert-OH is 1. The molecule has 2 nitrogen and oxygen atoms in total. The molecule has 0 heterocycles. The molecular weight excluding hydrogens is 188 g/mol. The Bertz CT molecular complexity index is 302. The first-order valence-electron chi connectivity index (χ1n) is 5.65. The molecule has 0 saturated heterocycles. The fourth-order valence-corrected chi connectivity index (χ4v) is 2.35. The molecular formula is C13H18O2. The third kappa shape index (κ3) is 2.39. The van der Waals surface area contributed by atoms with E-state index in [1.807, 2.05) is 30.3 Å². The van der Waals surface area contributed by atoms with Crippen LogP contribution in [0.25, 0.3) is 0 Å². The van der Waals surface area contributed by atoms with Crippen molar-refractivity contribution in [1.82, 2.24) is 0 Å². The lowest BCUT2D eigenvalue weighted by Crippen LogP contribution is -2.40. The second kappa shape index (κ2) is 4.33. The summed E-state index contributed by atoms with van der Waals surface area (Å²) in [6, 6.07) is 9.85. The number of benzene rings is 1. The Morgan fingerprint density at radius 3 is 2.33 bits per heavy atom. The molecule has 1 fully saturated rings. The van der Waals surface area contributed by atoms with E-state index in [1.54, 1.807) is 0 Å². The number of rotatable bonds is 3. The second-order valence-electron chi connectivity index (χ2n) is 4.52. The van der Waals surface area contributed by atoms with Gasteiger partial charge in [0.05, 0.1) is 11.7 Å². The topological polar surface area (TPSA) is 40.5 Å². The molecule has 0 aromatic heterocycles. The zero-order chi connectivity index (χ0) is 10.7. The fourth-order valence-electron chi connectivity index (χ4n) is 2.35. The van der Waals surface area contributed by atoms with Gasteiger partial charge < -0.3 is 10.2 Å². The van der Waals surface area contributed by atoms with Gasteiger partial charge in [0.1, 0.15) is 0 Å². The zero-order valence-electron chi connectivity index (χ0n) is 8.89. The van der Waals surface area contributed by atoms with Gasteiger partial charge in [0.2, 0.25) is 0 Å². The van der Waals surface area contributed by atoms with E-state index in [0.717, 1.165) is 31.2 Å². The van der Waals surface area contributed by atoms with Crippen molar-refractivity contribution in [2.45, 2.75) is 43.8 Å². The lowest BCUT2D eigenvalue weighted by molar-refractivity contribution is -0.0689. The normalized spacial score (nSPS) is 21.5. The van der Waals surface area contributed by atoms with Crippen molar-refractivity contribution in [3.05, 3.63) is 35.9 Å². The highest BCUT2D eigenvalue weighted by Crippen LogP contribution is 2.33. The van der Waals surface area contributed by atoms with E-state index in [2.05, 4.69) is 0 Å². The van der Waals surface area contributed by atoms with Crippen LogP contribution in [-0.4, -0.2) is 21.9 Å². The molecule has 0 bridgehead atoms. The largest absolute Gasteiger partial charge is 0.390 e. The van der Waals surface area contributed by atoms with Crippen LogP contribution in [0.4, 0.5) is 0 Å². The highest BCUT2D eigenvalue weighted by molar-refractivity contribution is 5.16. The Morgan fingerprint density at radius 2 is 1.73 bits per heavy atom. The average molecular weight is 206 g/mol. The predicted molar refractivity (Wildman–Crippen MR) is 59.6 cm³/mol. The first-order chi connectivity index (χ1) is 7.21. The molecule has 82 valence electrons. The summed E-state index contributed by atoms with van der Waals surface area (Å²) in [4.78, 5) is 0. The Balaban J connectivity index is 2.00. The van der Waals surface area contributed by atoms with E-state index in [0.29, 0.717) is 6.42 Å². The highest BCUT2D eigenvalue weighted by atomic mass is 16.3. The Labute approximate surface area is 90.6 Å². The van der Waals surface area contributed by atoms with E-state index in [-0.39, 0.29) is 0 Å². The smallest absolute Gasteiger partial charge is 0.0908 e. The maximum atomic E-state index is 10.2. The van der Waals surface area contributed by atoms with Crippen molar-refractivity contribution in [2.24, 2.45) is 0 Å². The summed E-state index contributed by atoms with van der Waals surface area (Å²) in [5.74, 6) is 0. The van der Waals surface area contributed by atoms with Crippen LogP contribution in [0.5, 0.6) is 0 Å². The lowest BCUT2D eigenvalue weighted by Gasteiger charge is -2.28. The van der Waals surface area contributed by atoms with E-state index in [9.17, 15) is 10.2 Å². The Morgan fingerprint density at radius 1 is 1.13 bits per heavy atom. The predicted octanol–water partition coefficient (Wildman–Crippen LogP) is 1.90. The van der Waals surface area contributed by atoms with Crippen molar-refractivity contribution in [3.8, 4) is 0 Å². The van der Waals surface area contributed by atoms with Crippen molar-refractivity contribution in [1.29, 1.82) is 0 Å². The first-order valence-corrected chi connectivity index (χ1v) is 5.65. The summed E-state index contributed by atoms with van der Waals surface area (Å²) in [6.45, 7) is 0. The molecule has 2 heteroatoms. The summed E-state index contributed by atoms with van der Waals surface area (Å²) in [6.07, 6.45) is 3.46. The Kier molecular flexibility index (Phi) is 3.08. The summed E-state index contributed by atoms with van der Waals surface area (Å²) in [5, 5.41) is 20.2. The molecule has 2 rings (SSSR count). The van der Waals surface area contributed by atoms with Crippen LogP contribution in [0.3, 0.4) is 0 Å². The van der Waals surface area contributed by atoms with E-state index in [4.69, 9.17) is 0 Å².